The standard InChI is InChI=1S/C22H18F8N4O2S2/c1-5-11-9(3)37-15(13(11)7-31)33-17(35)19(23,24)21(27,28)22(29,30)20(25,26)18(36)34-16-14(8-32)12(6-2)10(4)38-16/h5-6H2,1-4H3,(H,33,35)(H,34,36). The average Bonchev–Trinajstić information content (AvgIpc) is 3.31. The lowest BCUT2D eigenvalue weighted by atomic mass is 9.97. The summed E-state index contributed by atoms with van der Waals surface area (Å²) in [4.78, 5) is 24.6. The van der Waals surface area contributed by atoms with Crippen LogP contribution >= 0.6 is 22.7 Å². The fraction of sp³-hybridized carbons (Fsp3) is 0.455. The van der Waals surface area contributed by atoms with Crippen molar-refractivity contribution in [2.24, 2.45) is 0 Å². The van der Waals surface area contributed by atoms with Crippen molar-refractivity contribution in [1.82, 2.24) is 0 Å². The van der Waals surface area contributed by atoms with E-state index in [0.29, 0.717) is 32.4 Å². The maximum Gasteiger partial charge on any atom is 0.393 e. The topological polar surface area (TPSA) is 106 Å². The van der Waals surface area contributed by atoms with Crippen LogP contribution in [0.3, 0.4) is 0 Å². The third kappa shape index (κ3) is 4.71. The van der Waals surface area contributed by atoms with Gasteiger partial charge in [0, 0.05) is 9.75 Å². The van der Waals surface area contributed by atoms with E-state index in [-0.39, 0.29) is 35.1 Å². The summed E-state index contributed by atoms with van der Waals surface area (Å²) in [6.45, 7) is 5.93. The Bertz CT molecular complexity index is 1250. The maximum absolute atomic E-state index is 14.4. The lowest BCUT2D eigenvalue weighted by molar-refractivity contribution is -0.345. The van der Waals surface area contributed by atoms with Crippen LogP contribution in [0, 0.1) is 36.5 Å². The van der Waals surface area contributed by atoms with Gasteiger partial charge in [-0.3, -0.25) is 9.59 Å². The van der Waals surface area contributed by atoms with Crippen LogP contribution in [0.15, 0.2) is 0 Å². The second-order valence-electron chi connectivity index (χ2n) is 7.82. The fourth-order valence-corrected chi connectivity index (χ4v) is 5.65. The molecule has 0 aliphatic rings. The van der Waals surface area contributed by atoms with Crippen molar-refractivity contribution in [2.45, 2.75) is 64.2 Å². The number of carbonyl (C=O) groups is 2. The number of hydrogen-bond donors (Lipinski definition) is 2. The molecule has 16 heteroatoms. The van der Waals surface area contributed by atoms with Crippen molar-refractivity contribution in [3.8, 4) is 12.1 Å². The molecule has 206 valence electrons. The zero-order chi connectivity index (χ0) is 29.4. The van der Waals surface area contributed by atoms with Gasteiger partial charge in [-0.2, -0.15) is 45.6 Å². The molecule has 0 aliphatic carbocycles. The third-order valence-electron chi connectivity index (χ3n) is 5.56. The van der Waals surface area contributed by atoms with Crippen molar-refractivity contribution in [1.29, 1.82) is 10.5 Å². The number of aryl methyl sites for hydroxylation is 2. The minimum Gasteiger partial charge on any atom is -0.311 e. The van der Waals surface area contributed by atoms with E-state index >= 15 is 0 Å². The highest BCUT2D eigenvalue weighted by Crippen LogP contribution is 2.53. The van der Waals surface area contributed by atoms with Crippen LogP contribution in [0.4, 0.5) is 45.1 Å². The van der Waals surface area contributed by atoms with Crippen LogP contribution in [-0.4, -0.2) is 35.5 Å². The van der Waals surface area contributed by atoms with Gasteiger partial charge in [0.1, 0.15) is 22.1 Å². The van der Waals surface area contributed by atoms with E-state index in [0.717, 1.165) is 0 Å². The lowest BCUT2D eigenvalue weighted by Gasteiger charge is -2.35. The normalized spacial score (nSPS) is 12.6. The summed E-state index contributed by atoms with van der Waals surface area (Å²) in [6, 6.07) is 3.13. The highest BCUT2D eigenvalue weighted by atomic mass is 32.1. The third-order valence-corrected chi connectivity index (χ3v) is 7.68. The van der Waals surface area contributed by atoms with Crippen molar-refractivity contribution in [2.75, 3.05) is 10.6 Å². The summed E-state index contributed by atoms with van der Waals surface area (Å²) >= 11 is 1.03. The van der Waals surface area contributed by atoms with E-state index in [4.69, 9.17) is 0 Å². The highest BCUT2D eigenvalue weighted by Gasteiger charge is 2.84. The van der Waals surface area contributed by atoms with Gasteiger partial charge in [-0.25, -0.2) is 0 Å². The number of halogens is 8. The first-order valence-electron chi connectivity index (χ1n) is 10.6. The number of nitrogens with zero attached hydrogens (tertiary/aromatic N) is 2. The molecule has 38 heavy (non-hydrogen) atoms. The summed E-state index contributed by atoms with van der Waals surface area (Å²) in [5.74, 6) is -33.3. The second-order valence-corrected chi connectivity index (χ2v) is 10.3. The monoisotopic (exact) mass is 586 g/mol. The largest absolute Gasteiger partial charge is 0.393 e. The summed E-state index contributed by atoms with van der Waals surface area (Å²) in [7, 11) is 0. The number of anilines is 2. The van der Waals surface area contributed by atoms with Crippen molar-refractivity contribution < 1.29 is 44.7 Å². The molecule has 2 heterocycles. The van der Waals surface area contributed by atoms with Gasteiger partial charge >= 0.3 is 35.5 Å². The molecular formula is C22H18F8N4O2S2. The summed E-state index contributed by atoms with van der Waals surface area (Å²) in [6.07, 6.45) is 0.341. The minimum absolute atomic E-state index is 0.171. The summed E-state index contributed by atoms with van der Waals surface area (Å²) < 4.78 is 115. The van der Waals surface area contributed by atoms with Crippen molar-refractivity contribution in [3.05, 3.63) is 32.0 Å². The number of thiophene rings is 2. The number of rotatable bonds is 9. The van der Waals surface area contributed by atoms with Crippen LogP contribution < -0.4 is 10.6 Å². The van der Waals surface area contributed by atoms with Crippen LogP contribution in [0.1, 0.15) is 45.9 Å². The van der Waals surface area contributed by atoms with Gasteiger partial charge in [0.05, 0.1) is 11.1 Å². The Kier molecular flexibility index (Phi) is 8.56. The molecule has 2 amide bonds. The molecule has 2 aromatic heterocycles. The van der Waals surface area contributed by atoms with Gasteiger partial charge < -0.3 is 10.6 Å². The van der Waals surface area contributed by atoms with E-state index < -0.39 is 45.5 Å². The van der Waals surface area contributed by atoms with Crippen LogP contribution in [0.2, 0.25) is 0 Å². The number of hydrogen-bond acceptors (Lipinski definition) is 6. The van der Waals surface area contributed by atoms with E-state index in [9.17, 15) is 55.2 Å². The van der Waals surface area contributed by atoms with Gasteiger partial charge in [0.25, 0.3) is 0 Å². The highest BCUT2D eigenvalue weighted by molar-refractivity contribution is 7.17. The Hall–Kier alpha value is -3.24. The minimum atomic E-state index is -7.09. The predicted molar refractivity (Wildman–Crippen MR) is 123 cm³/mol. The van der Waals surface area contributed by atoms with Gasteiger partial charge in [-0.1, -0.05) is 13.8 Å². The van der Waals surface area contributed by atoms with Gasteiger partial charge in [-0.15, -0.1) is 22.7 Å². The molecule has 2 rings (SSSR count). The predicted octanol–water partition coefficient (Wildman–Crippen LogP) is 6.41. The zero-order valence-electron chi connectivity index (χ0n) is 20.0. The van der Waals surface area contributed by atoms with E-state index in [2.05, 4.69) is 0 Å². The first-order chi connectivity index (χ1) is 17.4. The van der Waals surface area contributed by atoms with E-state index in [1.807, 2.05) is 0 Å². The van der Waals surface area contributed by atoms with E-state index in [1.165, 1.54) is 24.5 Å². The molecule has 0 spiro atoms. The smallest absolute Gasteiger partial charge is 0.311 e. The van der Waals surface area contributed by atoms with Crippen LogP contribution in [0.5, 0.6) is 0 Å². The molecule has 0 unspecified atom stereocenters. The Morgan fingerprint density at radius 2 is 1.00 bits per heavy atom. The average molecular weight is 587 g/mol. The van der Waals surface area contributed by atoms with Gasteiger partial charge in [-0.05, 0) is 37.8 Å². The molecule has 0 radical (unpaired) electrons. The lowest BCUT2D eigenvalue weighted by Crippen LogP contribution is -2.67. The molecule has 6 nitrogen and oxygen atoms in total. The molecule has 0 bridgehead atoms. The first kappa shape index (κ1) is 31.0. The van der Waals surface area contributed by atoms with Crippen LogP contribution in [0.25, 0.3) is 0 Å². The molecule has 2 N–H and O–H groups in total. The first-order valence-corrected chi connectivity index (χ1v) is 12.2. The molecule has 0 saturated carbocycles. The molecule has 0 saturated heterocycles. The quantitative estimate of drug-likeness (QED) is 0.331. The molecule has 0 atom stereocenters. The number of nitriles is 2. The van der Waals surface area contributed by atoms with E-state index in [1.54, 1.807) is 26.0 Å². The Morgan fingerprint density at radius 3 is 1.24 bits per heavy atom. The number of nitrogens with one attached hydrogen (secondary N) is 2. The summed E-state index contributed by atoms with van der Waals surface area (Å²) in [5, 5.41) is 19.5. The Balaban J connectivity index is 2.43. The maximum atomic E-state index is 14.4. The van der Waals surface area contributed by atoms with Gasteiger partial charge in [0.15, 0.2) is 0 Å². The van der Waals surface area contributed by atoms with Crippen molar-refractivity contribution >= 4 is 44.5 Å². The fourth-order valence-electron chi connectivity index (χ4n) is 3.46. The SMILES string of the molecule is CCc1c(C)sc(NC(=O)C(F)(F)C(F)(F)C(F)(F)C(F)(F)C(=O)Nc2sc(C)c(CC)c2C#N)c1C#N. The zero-order valence-corrected chi connectivity index (χ0v) is 21.6. The molecule has 2 aromatic rings. The van der Waals surface area contributed by atoms with Crippen molar-refractivity contribution in [3.63, 3.8) is 0 Å². The molecule has 0 fully saturated rings. The Morgan fingerprint density at radius 1 is 0.711 bits per heavy atom. The Labute approximate surface area is 218 Å². The molecule has 0 aliphatic heterocycles. The van der Waals surface area contributed by atoms with Crippen LogP contribution in [-0.2, 0) is 22.4 Å². The number of amides is 2. The second kappa shape index (κ2) is 10.5. The summed E-state index contributed by atoms with van der Waals surface area (Å²) in [5.41, 5.74) is -0.235. The molecule has 0 aromatic carbocycles. The van der Waals surface area contributed by atoms with Gasteiger partial charge in [0.2, 0.25) is 0 Å². The number of carbonyl (C=O) groups excluding carboxylic acids is 2. The number of alkyl halides is 8. The molecular weight excluding hydrogens is 568 g/mol.